The van der Waals surface area contributed by atoms with Crippen LogP contribution in [-0.4, -0.2) is 40.8 Å². The number of hydrogen-bond donors (Lipinski definition) is 1. The molecular weight excluding hydrogens is 326 g/mol. The zero-order chi connectivity index (χ0) is 18.5. The highest BCUT2D eigenvalue weighted by Gasteiger charge is 2.28. The van der Waals surface area contributed by atoms with E-state index in [9.17, 15) is 9.59 Å². The highest BCUT2D eigenvalue weighted by molar-refractivity contribution is 5.82. The predicted octanol–water partition coefficient (Wildman–Crippen LogP) is 2.93. The van der Waals surface area contributed by atoms with Gasteiger partial charge in [-0.2, -0.15) is 0 Å². The third kappa shape index (κ3) is 4.59. The quantitative estimate of drug-likeness (QED) is 0.899. The summed E-state index contributed by atoms with van der Waals surface area (Å²) in [6, 6.07) is 12.2. The van der Waals surface area contributed by atoms with Crippen LogP contribution in [0.3, 0.4) is 0 Å². The Morgan fingerprint density at radius 1 is 1.23 bits per heavy atom. The zero-order valence-electron chi connectivity index (χ0n) is 15.6. The lowest BCUT2D eigenvalue weighted by molar-refractivity contribution is -0.135. The second kappa shape index (κ2) is 8.30. The molecule has 1 N–H and O–H groups in total. The van der Waals surface area contributed by atoms with Crippen LogP contribution < -0.4 is 5.32 Å². The average Bonchev–Trinajstić information content (AvgIpc) is 2.65. The minimum absolute atomic E-state index is 0.0636. The molecule has 5 heteroatoms. The standard InChI is InChI=1S/C21H27N3O2/c1-15(2)22-21(26)17-7-5-13-24(14-17)20(25)12-11-18-10-9-16-6-3-4-8-19(16)23-18/h3-4,6,8-10,15,17H,5,7,11-14H2,1-2H3,(H,22,26)/t17-/m1/s1. The number of fused-ring (bicyclic) bond motifs is 1. The monoisotopic (exact) mass is 353 g/mol. The summed E-state index contributed by atoms with van der Waals surface area (Å²) in [6.07, 6.45) is 2.80. The predicted molar refractivity (Wildman–Crippen MR) is 103 cm³/mol. The van der Waals surface area contributed by atoms with E-state index in [2.05, 4.69) is 16.4 Å². The molecule has 0 unspecified atom stereocenters. The Labute approximate surface area is 154 Å². The van der Waals surface area contributed by atoms with E-state index in [0.29, 0.717) is 19.4 Å². The van der Waals surface area contributed by atoms with Crippen molar-refractivity contribution in [2.24, 2.45) is 5.92 Å². The lowest BCUT2D eigenvalue weighted by Crippen LogP contribution is -2.46. The summed E-state index contributed by atoms with van der Waals surface area (Å²) >= 11 is 0. The number of nitrogens with one attached hydrogen (secondary N) is 1. The Kier molecular flexibility index (Phi) is 5.86. The van der Waals surface area contributed by atoms with E-state index in [1.165, 1.54) is 0 Å². The van der Waals surface area contributed by atoms with E-state index >= 15 is 0 Å². The summed E-state index contributed by atoms with van der Waals surface area (Å²) in [5.74, 6) is 0.0876. The Hall–Kier alpha value is -2.43. The molecule has 2 amide bonds. The summed E-state index contributed by atoms with van der Waals surface area (Å²) in [5.41, 5.74) is 1.89. The van der Waals surface area contributed by atoms with Gasteiger partial charge >= 0.3 is 0 Å². The van der Waals surface area contributed by atoms with Crippen molar-refractivity contribution in [3.8, 4) is 0 Å². The van der Waals surface area contributed by atoms with E-state index in [0.717, 1.165) is 36.0 Å². The van der Waals surface area contributed by atoms with Gasteiger partial charge in [0.1, 0.15) is 0 Å². The molecule has 2 heterocycles. The zero-order valence-corrected chi connectivity index (χ0v) is 15.6. The topological polar surface area (TPSA) is 62.3 Å². The molecule has 3 rings (SSSR count). The first-order valence-corrected chi connectivity index (χ1v) is 9.46. The highest BCUT2D eigenvalue weighted by Crippen LogP contribution is 2.19. The van der Waals surface area contributed by atoms with Gasteiger partial charge in [-0.3, -0.25) is 14.6 Å². The van der Waals surface area contributed by atoms with Gasteiger partial charge in [-0.15, -0.1) is 0 Å². The first-order chi connectivity index (χ1) is 12.5. The SMILES string of the molecule is CC(C)NC(=O)[C@@H]1CCCN(C(=O)CCc2ccc3ccccc3n2)C1. The fourth-order valence-electron chi connectivity index (χ4n) is 3.46. The number of piperidine rings is 1. The largest absolute Gasteiger partial charge is 0.354 e. The van der Waals surface area contributed by atoms with Gasteiger partial charge in [0, 0.05) is 36.6 Å². The van der Waals surface area contributed by atoms with Crippen molar-refractivity contribution in [2.45, 2.75) is 45.6 Å². The number of benzene rings is 1. The van der Waals surface area contributed by atoms with Gasteiger partial charge in [0.25, 0.3) is 0 Å². The maximum Gasteiger partial charge on any atom is 0.225 e. The molecule has 1 saturated heterocycles. The number of hydrogen-bond acceptors (Lipinski definition) is 3. The number of carbonyl (C=O) groups excluding carboxylic acids is 2. The molecule has 0 saturated carbocycles. The summed E-state index contributed by atoms with van der Waals surface area (Å²) in [4.78, 5) is 31.3. The first-order valence-electron chi connectivity index (χ1n) is 9.46. The molecule has 0 spiro atoms. The molecule has 0 radical (unpaired) electrons. The molecule has 1 aromatic heterocycles. The van der Waals surface area contributed by atoms with E-state index in [1.807, 2.05) is 49.1 Å². The summed E-state index contributed by atoms with van der Waals surface area (Å²) in [6.45, 7) is 5.19. The lowest BCUT2D eigenvalue weighted by Gasteiger charge is -2.32. The van der Waals surface area contributed by atoms with E-state index in [4.69, 9.17) is 0 Å². The molecule has 1 aromatic carbocycles. The van der Waals surface area contributed by atoms with Crippen LogP contribution in [0.15, 0.2) is 36.4 Å². The Bertz CT molecular complexity index is 788. The Morgan fingerprint density at radius 3 is 2.85 bits per heavy atom. The van der Waals surface area contributed by atoms with Crippen molar-refractivity contribution < 1.29 is 9.59 Å². The fraction of sp³-hybridized carbons (Fsp3) is 0.476. The fourth-order valence-corrected chi connectivity index (χ4v) is 3.46. The minimum atomic E-state index is -0.0890. The molecule has 26 heavy (non-hydrogen) atoms. The maximum absolute atomic E-state index is 12.6. The van der Waals surface area contributed by atoms with Crippen molar-refractivity contribution in [1.29, 1.82) is 0 Å². The van der Waals surface area contributed by atoms with Crippen LogP contribution in [0.4, 0.5) is 0 Å². The van der Waals surface area contributed by atoms with Crippen molar-refractivity contribution in [1.82, 2.24) is 15.2 Å². The Balaban J connectivity index is 1.56. The number of pyridine rings is 1. The van der Waals surface area contributed by atoms with Gasteiger partial charge in [0.15, 0.2) is 0 Å². The molecular formula is C21H27N3O2. The van der Waals surface area contributed by atoms with Crippen LogP contribution >= 0.6 is 0 Å². The van der Waals surface area contributed by atoms with Crippen LogP contribution in [0, 0.1) is 5.92 Å². The molecule has 0 aliphatic carbocycles. The number of aromatic nitrogens is 1. The smallest absolute Gasteiger partial charge is 0.225 e. The van der Waals surface area contributed by atoms with Crippen LogP contribution in [0.25, 0.3) is 10.9 Å². The second-order valence-corrected chi connectivity index (χ2v) is 7.34. The highest BCUT2D eigenvalue weighted by atomic mass is 16.2. The second-order valence-electron chi connectivity index (χ2n) is 7.34. The number of carbonyl (C=O) groups is 2. The molecule has 0 bridgehead atoms. The van der Waals surface area contributed by atoms with Crippen LogP contribution in [0.2, 0.25) is 0 Å². The molecule has 1 aliphatic rings. The number of para-hydroxylation sites is 1. The molecule has 5 nitrogen and oxygen atoms in total. The lowest BCUT2D eigenvalue weighted by atomic mass is 9.96. The number of amides is 2. The average molecular weight is 353 g/mol. The van der Waals surface area contributed by atoms with E-state index in [1.54, 1.807) is 0 Å². The molecule has 2 aromatic rings. The molecule has 138 valence electrons. The van der Waals surface area contributed by atoms with Gasteiger partial charge < -0.3 is 10.2 Å². The van der Waals surface area contributed by atoms with Gasteiger partial charge in [0.05, 0.1) is 11.4 Å². The third-order valence-electron chi connectivity index (χ3n) is 4.83. The van der Waals surface area contributed by atoms with E-state index < -0.39 is 0 Å². The summed E-state index contributed by atoms with van der Waals surface area (Å²) in [5, 5.41) is 4.07. The van der Waals surface area contributed by atoms with Crippen molar-refractivity contribution in [3.05, 3.63) is 42.1 Å². The summed E-state index contributed by atoms with van der Waals surface area (Å²) in [7, 11) is 0. The van der Waals surface area contributed by atoms with Gasteiger partial charge in [-0.1, -0.05) is 24.3 Å². The number of likely N-dealkylation sites (tertiary alicyclic amines) is 1. The normalized spacial score (nSPS) is 17.5. The maximum atomic E-state index is 12.6. The number of rotatable bonds is 5. The third-order valence-corrected chi connectivity index (χ3v) is 4.83. The van der Waals surface area contributed by atoms with E-state index in [-0.39, 0.29) is 23.8 Å². The molecule has 1 atom stereocenters. The van der Waals surface area contributed by atoms with Gasteiger partial charge in [-0.05, 0) is 45.2 Å². The number of aryl methyl sites for hydroxylation is 1. The Morgan fingerprint density at radius 2 is 2.04 bits per heavy atom. The van der Waals surface area contributed by atoms with Crippen molar-refractivity contribution in [3.63, 3.8) is 0 Å². The number of nitrogens with zero attached hydrogens (tertiary/aromatic N) is 2. The minimum Gasteiger partial charge on any atom is -0.354 e. The van der Waals surface area contributed by atoms with Crippen LogP contribution in [0.1, 0.15) is 38.8 Å². The molecule has 1 fully saturated rings. The van der Waals surface area contributed by atoms with Gasteiger partial charge in [-0.25, -0.2) is 0 Å². The first kappa shape index (κ1) is 18.4. The van der Waals surface area contributed by atoms with Gasteiger partial charge in [0.2, 0.25) is 11.8 Å². The van der Waals surface area contributed by atoms with Crippen molar-refractivity contribution >= 4 is 22.7 Å². The van der Waals surface area contributed by atoms with Crippen LogP contribution in [0.5, 0.6) is 0 Å². The van der Waals surface area contributed by atoms with Crippen molar-refractivity contribution in [2.75, 3.05) is 13.1 Å². The molecule has 1 aliphatic heterocycles. The van der Waals surface area contributed by atoms with Crippen LogP contribution in [-0.2, 0) is 16.0 Å². The summed E-state index contributed by atoms with van der Waals surface area (Å²) < 4.78 is 0.